The molecule has 9 nitrogen and oxygen atoms in total. The van der Waals surface area contributed by atoms with Gasteiger partial charge in [-0.2, -0.15) is 0 Å². The van der Waals surface area contributed by atoms with Gasteiger partial charge in [0.2, 0.25) is 11.8 Å². The van der Waals surface area contributed by atoms with Crippen LogP contribution in [0.25, 0.3) is 0 Å². The number of amides is 2. The Kier molecular flexibility index (Phi) is 19.6. The minimum absolute atomic E-state index is 0.0724. The van der Waals surface area contributed by atoms with E-state index in [4.69, 9.17) is 21.9 Å². The average molecular weight is 456 g/mol. The molecule has 0 aliphatic rings. The molecule has 9 heteroatoms. The Bertz CT molecular complexity index is 525. The van der Waals surface area contributed by atoms with Gasteiger partial charge in [-0.15, -0.1) is 0 Å². The van der Waals surface area contributed by atoms with Crippen molar-refractivity contribution in [3.63, 3.8) is 0 Å². The quantitative estimate of drug-likeness (QED) is 0.115. The molecule has 0 aromatic heterocycles. The van der Waals surface area contributed by atoms with E-state index in [1.54, 1.807) is 11.0 Å². The van der Waals surface area contributed by atoms with E-state index < -0.39 is 6.04 Å². The summed E-state index contributed by atoms with van der Waals surface area (Å²) >= 11 is 0. The number of carbonyl (C=O) groups is 3. The van der Waals surface area contributed by atoms with Crippen molar-refractivity contribution in [3.8, 4) is 0 Å². The van der Waals surface area contributed by atoms with Gasteiger partial charge < -0.3 is 32.2 Å². The zero-order valence-electron chi connectivity index (χ0n) is 19.7. The second-order valence-electron chi connectivity index (χ2n) is 7.94. The highest BCUT2D eigenvalue weighted by Gasteiger charge is 2.17. The second kappa shape index (κ2) is 20.9. The summed E-state index contributed by atoms with van der Waals surface area (Å²) in [4.78, 5) is 37.2. The highest BCUT2D eigenvalue weighted by molar-refractivity contribution is 5.83. The first-order valence-corrected chi connectivity index (χ1v) is 11.9. The second-order valence-corrected chi connectivity index (χ2v) is 7.94. The zero-order valence-corrected chi connectivity index (χ0v) is 19.7. The van der Waals surface area contributed by atoms with Crippen molar-refractivity contribution in [2.45, 2.75) is 76.7 Å². The number of rotatable bonds is 21. The van der Waals surface area contributed by atoms with Gasteiger partial charge in [0, 0.05) is 45.6 Å². The molecule has 0 bridgehead atoms. The Labute approximate surface area is 193 Å². The number of hydrogen-bond donors (Lipinski definition) is 4. The van der Waals surface area contributed by atoms with Crippen LogP contribution in [-0.4, -0.2) is 68.1 Å². The number of esters is 1. The van der Waals surface area contributed by atoms with Crippen molar-refractivity contribution in [1.29, 1.82) is 0 Å². The van der Waals surface area contributed by atoms with E-state index in [0.717, 1.165) is 51.4 Å². The van der Waals surface area contributed by atoms with Gasteiger partial charge in [-0.3, -0.25) is 14.4 Å². The van der Waals surface area contributed by atoms with E-state index in [9.17, 15) is 14.4 Å². The van der Waals surface area contributed by atoms with Gasteiger partial charge in [0.05, 0.1) is 6.04 Å². The molecule has 32 heavy (non-hydrogen) atoms. The molecule has 1 unspecified atom stereocenters. The van der Waals surface area contributed by atoms with Gasteiger partial charge >= 0.3 is 5.97 Å². The van der Waals surface area contributed by atoms with Crippen molar-refractivity contribution in [2.24, 2.45) is 17.2 Å². The third-order valence-electron chi connectivity index (χ3n) is 5.13. The first-order valence-electron chi connectivity index (χ1n) is 11.9. The Morgan fingerprint density at radius 2 is 1.47 bits per heavy atom. The minimum atomic E-state index is -0.689. The normalized spacial score (nSPS) is 11.6. The summed E-state index contributed by atoms with van der Waals surface area (Å²) in [6, 6.07) is -0.689. The van der Waals surface area contributed by atoms with E-state index >= 15 is 0 Å². The molecule has 0 spiro atoms. The van der Waals surface area contributed by atoms with E-state index in [1.807, 2.05) is 0 Å². The minimum Gasteiger partial charge on any atom is -0.461 e. The largest absolute Gasteiger partial charge is 0.461 e. The van der Waals surface area contributed by atoms with Gasteiger partial charge in [0.25, 0.3) is 0 Å². The van der Waals surface area contributed by atoms with E-state index in [0.29, 0.717) is 45.6 Å². The van der Waals surface area contributed by atoms with Crippen LogP contribution in [0.3, 0.4) is 0 Å². The van der Waals surface area contributed by atoms with Crippen LogP contribution in [0.4, 0.5) is 0 Å². The molecule has 0 heterocycles. The molecule has 0 rings (SSSR count). The maximum atomic E-state index is 12.2. The van der Waals surface area contributed by atoms with Crippen LogP contribution in [0.1, 0.15) is 70.6 Å². The molecule has 2 amide bonds. The number of carbonyl (C=O) groups excluding carboxylic acids is 3. The van der Waals surface area contributed by atoms with E-state index in [2.05, 4.69) is 11.9 Å². The first kappa shape index (κ1) is 30.0. The highest BCUT2D eigenvalue weighted by Crippen LogP contribution is 2.10. The highest BCUT2D eigenvalue weighted by atomic mass is 16.5. The SMILES string of the molecule is C=CCOC(=O)CCCCCCCCCCNC(=O)C(N)CCC(=O)N(CCN)CCN. The lowest BCUT2D eigenvalue weighted by Gasteiger charge is -2.22. The Morgan fingerprint density at radius 1 is 0.906 bits per heavy atom. The number of nitrogens with one attached hydrogen (secondary N) is 1. The molecule has 186 valence electrons. The maximum absolute atomic E-state index is 12.2. The number of nitrogens with zero attached hydrogens (tertiary/aromatic N) is 1. The average Bonchev–Trinajstić information content (AvgIpc) is 2.78. The molecule has 0 aliphatic heterocycles. The summed E-state index contributed by atoms with van der Waals surface area (Å²) < 4.78 is 4.94. The monoisotopic (exact) mass is 455 g/mol. The Morgan fingerprint density at radius 3 is 2.03 bits per heavy atom. The summed E-state index contributed by atoms with van der Waals surface area (Å²) in [5, 5.41) is 2.85. The lowest BCUT2D eigenvalue weighted by molar-refractivity contribution is -0.142. The summed E-state index contributed by atoms with van der Waals surface area (Å²) in [7, 11) is 0. The summed E-state index contributed by atoms with van der Waals surface area (Å²) in [5.41, 5.74) is 16.9. The van der Waals surface area contributed by atoms with Crippen molar-refractivity contribution in [1.82, 2.24) is 10.2 Å². The van der Waals surface area contributed by atoms with Gasteiger partial charge in [-0.1, -0.05) is 51.2 Å². The fraction of sp³-hybridized carbons (Fsp3) is 0.783. The molecule has 7 N–H and O–H groups in total. The van der Waals surface area contributed by atoms with Crippen LogP contribution >= 0.6 is 0 Å². The van der Waals surface area contributed by atoms with Crippen LogP contribution in [0, 0.1) is 0 Å². The van der Waals surface area contributed by atoms with E-state index in [-0.39, 0.29) is 30.8 Å². The van der Waals surface area contributed by atoms with Crippen LogP contribution < -0.4 is 22.5 Å². The Hall–Kier alpha value is -1.97. The van der Waals surface area contributed by atoms with Gasteiger partial charge in [-0.05, 0) is 19.3 Å². The fourth-order valence-corrected chi connectivity index (χ4v) is 3.26. The van der Waals surface area contributed by atoms with Crippen LogP contribution in [0.15, 0.2) is 12.7 Å². The Balaban J connectivity index is 3.65. The smallest absolute Gasteiger partial charge is 0.306 e. The molecule has 0 aromatic carbocycles. The van der Waals surface area contributed by atoms with Crippen molar-refractivity contribution < 1.29 is 19.1 Å². The maximum Gasteiger partial charge on any atom is 0.306 e. The molecular weight excluding hydrogens is 410 g/mol. The molecule has 0 aromatic rings. The van der Waals surface area contributed by atoms with Crippen molar-refractivity contribution in [3.05, 3.63) is 12.7 Å². The lowest BCUT2D eigenvalue weighted by atomic mass is 10.1. The van der Waals surface area contributed by atoms with Crippen LogP contribution in [0.2, 0.25) is 0 Å². The van der Waals surface area contributed by atoms with Crippen molar-refractivity contribution >= 4 is 17.8 Å². The van der Waals surface area contributed by atoms with Crippen LogP contribution in [-0.2, 0) is 19.1 Å². The van der Waals surface area contributed by atoms with Gasteiger partial charge in [0.15, 0.2) is 0 Å². The first-order chi connectivity index (χ1) is 15.5. The molecule has 0 fully saturated rings. The lowest BCUT2D eigenvalue weighted by Crippen LogP contribution is -2.43. The number of ether oxygens (including phenoxy) is 1. The molecule has 0 saturated carbocycles. The summed E-state index contributed by atoms with van der Waals surface area (Å²) in [5.74, 6) is -0.441. The zero-order chi connectivity index (χ0) is 24.0. The molecule has 0 aliphatic carbocycles. The third-order valence-corrected chi connectivity index (χ3v) is 5.13. The van der Waals surface area contributed by atoms with Gasteiger partial charge in [-0.25, -0.2) is 0 Å². The van der Waals surface area contributed by atoms with E-state index in [1.165, 1.54) is 0 Å². The van der Waals surface area contributed by atoms with Gasteiger partial charge in [0.1, 0.15) is 6.61 Å². The topological polar surface area (TPSA) is 154 Å². The third kappa shape index (κ3) is 16.7. The molecule has 0 saturated heterocycles. The number of unbranched alkanes of at least 4 members (excludes halogenated alkanes) is 7. The molecule has 0 radical (unpaired) electrons. The standard InChI is InChI=1S/C23H45N5O4/c1-2-19-32-22(30)11-9-7-5-3-4-6-8-10-16-27-23(31)20(26)12-13-21(29)28(17-14-24)18-15-25/h2,20H,1,3-19,24-26H2,(H,27,31). The molecule has 1 atom stereocenters. The summed E-state index contributed by atoms with van der Waals surface area (Å²) in [6.07, 6.45) is 11.0. The predicted octanol–water partition coefficient (Wildman–Crippen LogP) is 1.20. The predicted molar refractivity (Wildman–Crippen MR) is 128 cm³/mol. The fourth-order valence-electron chi connectivity index (χ4n) is 3.26. The summed E-state index contributed by atoms with van der Waals surface area (Å²) in [6.45, 7) is 6.08. The number of nitrogens with two attached hydrogens (primary N) is 3. The van der Waals surface area contributed by atoms with Crippen molar-refractivity contribution in [2.75, 3.05) is 39.3 Å². The molecular formula is C23H45N5O4. The van der Waals surface area contributed by atoms with Crippen LogP contribution in [0.5, 0.6) is 0 Å². The number of hydrogen-bond acceptors (Lipinski definition) is 7.